The standard InChI is InChI=1S/C16H8ClF2NO4/c17-10-6-12-9(5-11(10)19)14(21)13(16(23)24)15(22)20(12)8-3-1-7(18)2-4-8/h1-6,13H,(H,23,24). The molecule has 1 unspecified atom stereocenters. The number of nitrogens with zero attached hydrogens (tertiary/aromatic N) is 1. The number of benzene rings is 2. The molecule has 2 aromatic rings. The minimum atomic E-state index is -2.01. The average molecular weight is 352 g/mol. The number of carbonyl (C=O) groups is 3. The summed E-state index contributed by atoms with van der Waals surface area (Å²) in [5, 5.41) is 8.85. The van der Waals surface area contributed by atoms with Crippen molar-refractivity contribution in [1.29, 1.82) is 0 Å². The van der Waals surface area contributed by atoms with Crippen LogP contribution in [-0.4, -0.2) is 22.8 Å². The fourth-order valence-corrected chi connectivity index (χ4v) is 2.67. The predicted octanol–water partition coefficient (Wildman–Crippen LogP) is 3.18. The first-order valence-corrected chi connectivity index (χ1v) is 7.04. The number of fused-ring (bicyclic) bond motifs is 1. The Bertz CT molecular complexity index is 882. The van der Waals surface area contributed by atoms with E-state index in [-0.39, 0.29) is 22.0 Å². The summed E-state index contributed by atoms with van der Waals surface area (Å²) < 4.78 is 26.8. The molecule has 1 amide bonds. The average Bonchev–Trinajstić information content (AvgIpc) is 2.51. The molecule has 3 rings (SSSR count). The molecule has 0 bridgehead atoms. The van der Waals surface area contributed by atoms with Gasteiger partial charge in [-0.1, -0.05) is 11.6 Å². The summed E-state index contributed by atoms with van der Waals surface area (Å²) in [7, 11) is 0. The highest BCUT2D eigenvalue weighted by atomic mass is 35.5. The summed E-state index contributed by atoms with van der Waals surface area (Å²) in [5.74, 6) is -7.21. The summed E-state index contributed by atoms with van der Waals surface area (Å²) >= 11 is 5.72. The van der Waals surface area contributed by atoms with E-state index >= 15 is 0 Å². The zero-order chi connectivity index (χ0) is 17.6. The molecule has 1 N–H and O–H groups in total. The third-order valence-corrected chi connectivity index (χ3v) is 3.90. The Morgan fingerprint density at radius 1 is 1.12 bits per heavy atom. The highest BCUT2D eigenvalue weighted by Gasteiger charge is 2.45. The van der Waals surface area contributed by atoms with Gasteiger partial charge < -0.3 is 5.11 Å². The second-order valence-electron chi connectivity index (χ2n) is 5.07. The van der Waals surface area contributed by atoms with Gasteiger partial charge in [0.1, 0.15) is 11.6 Å². The molecule has 1 heterocycles. The maximum atomic E-state index is 13.7. The van der Waals surface area contributed by atoms with Crippen molar-refractivity contribution in [1.82, 2.24) is 0 Å². The van der Waals surface area contributed by atoms with Gasteiger partial charge in [-0.3, -0.25) is 19.3 Å². The van der Waals surface area contributed by atoms with Crippen molar-refractivity contribution in [3.05, 3.63) is 58.6 Å². The van der Waals surface area contributed by atoms with Gasteiger partial charge in [-0.2, -0.15) is 0 Å². The van der Waals surface area contributed by atoms with E-state index in [2.05, 4.69) is 0 Å². The lowest BCUT2D eigenvalue weighted by Crippen LogP contribution is -2.45. The van der Waals surface area contributed by atoms with Crippen LogP contribution in [0.1, 0.15) is 10.4 Å². The summed E-state index contributed by atoms with van der Waals surface area (Å²) in [6.07, 6.45) is 0. The number of hydrogen-bond donors (Lipinski definition) is 1. The highest BCUT2D eigenvalue weighted by molar-refractivity contribution is 6.34. The number of Topliss-reactive ketones (excluding diaryl/α,β-unsaturated/α-hetero) is 1. The Morgan fingerprint density at radius 3 is 2.33 bits per heavy atom. The second-order valence-corrected chi connectivity index (χ2v) is 5.48. The van der Waals surface area contributed by atoms with Crippen LogP contribution in [0.15, 0.2) is 36.4 Å². The van der Waals surface area contributed by atoms with E-state index < -0.39 is 35.2 Å². The zero-order valence-electron chi connectivity index (χ0n) is 11.8. The van der Waals surface area contributed by atoms with E-state index in [9.17, 15) is 28.3 Å². The maximum absolute atomic E-state index is 13.7. The lowest BCUT2D eigenvalue weighted by molar-refractivity contribution is -0.143. The normalized spacial score (nSPS) is 17.0. The van der Waals surface area contributed by atoms with Gasteiger partial charge in [0.05, 0.1) is 10.7 Å². The highest BCUT2D eigenvalue weighted by Crippen LogP contribution is 2.39. The molecule has 0 aliphatic carbocycles. The van der Waals surface area contributed by atoms with Gasteiger partial charge in [-0.05, 0) is 36.4 Å². The number of hydrogen-bond acceptors (Lipinski definition) is 3. The summed E-state index contributed by atoms with van der Waals surface area (Å²) in [6, 6.07) is 6.47. The first-order chi connectivity index (χ1) is 11.3. The second kappa shape index (κ2) is 5.68. The van der Waals surface area contributed by atoms with Crippen LogP contribution in [0.4, 0.5) is 20.2 Å². The topological polar surface area (TPSA) is 74.7 Å². The van der Waals surface area contributed by atoms with Crippen LogP contribution < -0.4 is 4.90 Å². The van der Waals surface area contributed by atoms with Gasteiger partial charge >= 0.3 is 5.97 Å². The first kappa shape index (κ1) is 16.1. The predicted molar refractivity (Wildman–Crippen MR) is 80.4 cm³/mol. The van der Waals surface area contributed by atoms with E-state index in [1.807, 2.05) is 0 Å². The number of aliphatic carboxylic acids is 1. The molecule has 0 radical (unpaired) electrons. The van der Waals surface area contributed by atoms with Gasteiger partial charge in [-0.25, -0.2) is 8.78 Å². The van der Waals surface area contributed by atoms with Crippen LogP contribution in [-0.2, 0) is 9.59 Å². The molecule has 5 nitrogen and oxygen atoms in total. The molecule has 24 heavy (non-hydrogen) atoms. The lowest BCUT2D eigenvalue weighted by Gasteiger charge is -2.32. The quantitative estimate of drug-likeness (QED) is 0.843. The van der Waals surface area contributed by atoms with Crippen molar-refractivity contribution in [2.24, 2.45) is 5.92 Å². The monoisotopic (exact) mass is 351 g/mol. The van der Waals surface area contributed by atoms with Gasteiger partial charge in [-0.15, -0.1) is 0 Å². The first-order valence-electron chi connectivity index (χ1n) is 6.67. The Labute approximate surface area is 139 Å². The molecule has 122 valence electrons. The van der Waals surface area contributed by atoms with Gasteiger partial charge in [0.2, 0.25) is 0 Å². The van der Waals surface area contributed by atoms with Crippen molar-refractivity contribution in [2.75, 3.05) is 4.90 Å². The van der Waals surface area contributed by atoms with E-state index in [0.29, 0.717) is 0 Å². The van der Waals surface area contributed by atoms with Crippen LogP contribution in [0.5, 0.6) is 0 Å². The number of anilines is 2. The number of halogens is 3. The Morgan fingerprint density at radius 2 is 1.75 bits per heavy atom. The van der Waals surface area contributed by atoms with E-state index in [1.165, 1.54) is 12.1 Å². The molecule has 0 fully saturated rings. The largest absolute Gasteiger partial charge is 0.480 e. The molecule has 0 aromatic heterocycles. The molecule has 1 aliphatic rings. The van der Waals surface area contributed by atoms with Gasteiger partial charge in [0.15, 0.2) is 11.7 Å². The Kier molecular flexibility index (Phi) is 3.81. The summed E-state index contributed by atoms with van der Waals surface area (Å²) in [4.78, 5) is 37.0. The van der Waals surface area contributed by atoms with Gasteiger partial charge in [0.25, 0.3) is 5.91 Å². The van der Waals surface area contributed by atoms with Crippen LogP contribution >= 0.6 is 11.6 Å². The van der Waals surface area contributed by atoms with E-state index in [1.54, 1.807) is 0 Å². The SMILES string of the molecule is O=C(O)C1C(=O)c2cc(F)c(Cl)cc2N(c2ccc(F)cc2)C1=O. The van der Waals surface area contributed by atoms with Crippen LogP contribution in [0.2, 0.25) is 5.02 Å². The fraction of sp³-hybridized carbons (Fsp3) is 0.0625. The molecule has 8 heteroatoms. The minimum absolute atomic E-state index is 0.0551. The fourth-order valence-electron chi connectivity index (χ4n) is 2.51. The maximum Gasteiger partial charge on any atom is 0.324 e. The van der Waals surface area contributed by atoms with Crippen molar-refractivity contribution >= 4 is 40.6 Å². The summed E-state index contributed by atoms with van der Waals surface area (Å²) in [5.41, 5.74) is -0.210. The number of ketones is 1. The number of amides is 1. The van der Waals surface area contributed by atoms with Crippen LogP contribution in [0, 0.1) is 17.6 Å². The smallest absolute Gasteiger partial charge is 0.324 e. The third-order valence-electron chi connectivity index (χ3n) is 3.61. The van der Waals surface area contributed by atoms with Crippen LogP contribution in [0.3, 0.4) is 0 Å². The molecular weight excluding hydrogens is 344 g/mol. The Hall–Kier alpha value is -2.80. The van der Waals surface area contributed by atoms with E-state index in [0.717, 1.165) is 29.2 Å². The molecule has 0 saturated carbocycles. The molecule has 0 spiro atoms. The molecule has 0 saturated heterocycles. The number of rotatable bonds is 2. The molecule has 1 atom stereocenters. The number of carbonyl (C=O) groups excluding carboxylic acids is 2. The van der Waals surface area contributed by atoms with Crippen molar-refractivity contribution in [3.8, 4) is 0 Å². The van der Waals surface area contributed by atoms with Crippen molar-refractivity contribution in [3.63, 3.8) is 0 Å². The van der Waals surface area contributed by atoms with Crippen LogP contribution in [0.25, 0.3) is 0 Å². The van der Waals surface area contributed by atoms with E-state index in [4.69, 9.17) is 11.6 Å². The van der Waals surface area contributed by atoms with Crippen molar-refractivity contribution in [2.45, 2.75) is 0 Å². The third kappa shape index (κ3) is 2.43. The lowest BCUT2D eigenvalue weighted by atomic mass is 9.89. The minimum Gasteiger partial charge on any atom is -0.480 e. The summed E-state index contributed by atoms with van der Waals surface area (Å²) in [6.45, 7) is 0. The molecule has 1 aliphatic heterocycles. The van der Waals surface area contributed by atoms with Crippen molar-refractivity contribution < 1.29 is 28.3 Å². The number of carboxylic acid groups (broad SMARTS) is 1. The molecular formula is C16H8ClF2NO4. The molecule has 2 aromatic carbocycles. The number of carboxylic acids is 1. The van der Waals surface area contributed by atoms with Gasteiger partial charge in [0, 0.05) is 11.3 Å². The Balaban J connectivity index is 2.27. The zero-order valence-corrected chi connectivity index (χ0v) is 12.6.